The van der Waals surface area contributed by atoms with Gasteiger partial charge in [-0.2, -0.15) is 0 Å². The number of aromatic amines is 2. The molecule has 3 N–H and O–H groups in total. The Morgan fingerprint density at radius 2 is 0.920 bits per heavy atom. The highest BCUT2D eigenvalue weighted by molar-refractivity contribution is 6.09. The first-order valence-corrected chi connectivity index (χ1v) is 15.8. The van der Waals surface area contributed by atoms with Gasteiger partial charge in [0, 0.05) is 38.4 Å². The van der Waals surface area contributed by atoms with Gasteiger partial charge in [-0.3, -0.25) is 0 Å². The summed E-state index contributed by atoms with van der Waals surface area (Å²) in [5, 5.41) is 12.6. The maximum Gasteiger partial charge on any atom is 0.335 e. The highest BCUT2D eigenvalue weighted by Gasteiger charge is 2.22. The van der Waals surface area contributed by atoms with Crippen LogP contribution in [0.3, 0.4) is 0 Å². The van der Waals surface area contributed by atoms with E-state index in [0.717, 1.165) is 38.4 Å². The van der Waals surface area contributed by atoms with Crippen LogP contribution in [0, 0.1) is 0 Å². The zero-order valence-electron chi connectivity index (χ0n) is 25.9. The van der Waals surface area contributed by atoms with Gasteiger partial charge >= 0.3 is 5.97 Å². The van der Waals surface area contributed by atoms with E-state index < -0.39 is 5.97 Å². The third kappa shape index (κ3) is 4.34. The molecule has 0 unspecified atom stereocenters. The lowest BCUT2D eigenvalue weighted by Crippen LogP contribution is -1.95. The van der Waals surface area contributed by atoms with E-state index in [0.29, 0.717) is 62.8 Å². The number of carboxylic acid groups (broad SMARTS) is 1. The second kappa shape index (κ2) is 10.6. The molecule has 0 spiro atoms. The standard InChI is InChI=1S/C39H22N8O3/c48-39(49)20-16-18-21(19-17-20)50-29-15-7-14-28-30(29)38-46-36-27-13-6-5-12-26(27)34(44-36)42-32-23-9-2-1-8-22(23)31(40-32)41-33-24-10-3-4-11-25(24)35(43-33)45-37(28)47-38/h1-19H,(H,48,49)(H2,40,41,42,43,44,45,46,47). The van der Waals surface area contributed by atoms with Gasteiger partial charge in [-0.1, -0.05) is 84.9 Å². The second-order valence-electron chi connectivity index (χ2n) is 11.9. The molecule has 5 aromatic carbocycles. The van der Waals surface area contributed by atoms with Gasteiger partial charge in [-0.25, -0.2) is 34.7 Å². The quantitative estimate of drug-likeness (QED) is 0.171. The number of carboxylic acids is 1. The molecule has 2 aliphatic rings. The Morgan fingerprint density at radius 3 is 1.44 bits per heavy atom. The van der Waals surface area contributed by atoms with Gasteiger partial charge in [0.15, 0.2) is 23.3 Å². The molecule has 3 aromatic heterocycles. The minimum atomic E-state index is -1.01. The molecule has 0 atom stereocenters. The van der Waals surface area contributed by atoms with E-state index in [4.69, 9.17) is 34.6 Å². The molecule has 5 heterocycles. The smallest absolute Gasteiger partial charge is 0.335 e. The predicted octanol–water partition coefficient (Wildman–Crippen LogP) is 8.36. The van der Waals surface area contributed by atoms with Crippen LogP contribution in [-0.2, 0) is 0 Å². The molecule has 0 amide bonds. The van der Waals surface area contributed by atoms with Crippen LogP contribution < -0.4 is 4.74 Å². The number of H-pyrrole nitrogens is 2. The van der Waals surface area contributed by atoms with Crippen molar-refractivity contribution in [2.45, 2.75) is 0 Å². The molecule has 11 heteroatoms. The van der Waals surface area contributed by atoms with Crippen molar-refractivity contribution in [3.63, 3.8) is 0 Å². The minimum Gasteiger partial charge on any atom is -0.478 e. The average Bonchev–Trinajstić information content (AvgIpc) is 3.88. The summed E-state index contributed by atoms with van der Waals surface area (Å²) in [6, 6.07) is 35.6. The van der Waals surface area contributed by atoms with Gasteiger partial charge in [-0.05, 0) is 30.3 Å². The van der Waals surface area contributed by atoms with Crippen LogP contribution in [0.15, 0.2) is 115 Å². The van der Waals surface area contributed by atoms with Gasteiger partial charge in [0.25, 0.3) is 0 Å². The number of benzene rings is 5. The first-order chi connectivity index (χ1) is 24.6. The van der Waals surface area contributed by atoms with Crippen molar-refractivity contribution in [3.8, 4) is 57.1 Å². The molecule has 236 valence electrons. The molecule has 11 nitrogen and oxygen atoms in total. The summed E-state index contributed by atoms with van der Waals surface area (Å²) in [6.07, 6.45) is 0. The molecule has 8 aromatic rings. The van der Waals surface area contributed by atoms with Gasteiger partial charge in [-0.15, -0.1) is 0 Å². The molecular formula is C39H22N8O3. The maximum atomic E-state index is 11.5. The number of nitrogens with zero attached hydrogens (tertiary/aromatic N) is 6. The van der Waals surface area contributed by atoms with Crippen molar-refractivity contribution in [3.05, 3.63) is 121 Å². The van der Waals surface area contributed by atoms with Crippen LogP contribution in [0.25, 0.3) is 89.7 Å². The van der Waals surface area contributed by atoms with E-state index in [1.54, 1.807) is 12.1 Å². The maximum absolute atomic E-state index is 11.5. The van der Waals surface area contributed by atoms with Crippen LogP contribution in [0.5, 0.6) is 11.5 Å². The molecule has 0 saturated carbocycles. The summed E-state index contributed by atoms with van der Waals surface area (Å²) < 4.78 is 6.37. The SMILES string of the molecule is O=C(O)c1ccc(Oc2cccc3c4nc5nc(nc6[nH]c(nc7nc(nc([nH]4)c23)-c2ccccc2-7)c2ccccc62)-c2ccccc2-5)cc1. The van der Waals surface area contributed by atoms with Crippen molar-refractivity contribution in [2.24, 2.45) is 0 Å². The van der Waals surface area contributed by atoms with Crippen LogP contribution >= 0.6 is 0 Å². The second-order valence-corrected chi connectivity index (χ2v) is 11.9. The number of carbonyl (C=O) groups is 1. The fraction of sp³-hybridized carbons (Fsp3) is 0. The molecule has 8 bridgehead atoms. The third-order valence-electron chi connectivity index (χ3n) is 8.87. The van der Waals surface area contributed by atoms with Crippen molar-refractivity contribution >= 4 is 50.1 Å². The lowest BCUT2D eigenvalue weighted by atomic mass is 10.1. The number of nitrogens with one attached hydrogen (secondary N) is 2. The predicted molar refractivity (Wildman–Crippen MR) is 190 cm³/mol. The van der Waals surface area contributed by atoms with Crippen LogP contribution in [-0.4, -0.2) is 50.9 Å². The lowest BCUT2D eigenvalue weighted by Gasteiger charge is -2.07. The van der Waals surface area contributed by atoms with Crippen LogP contribution in [0.2, 0.25) is 0 Å². The van der Waals surface area contributed by atoms with E-state index in [-0.39, 0.29) is 5.56 Å². The van der Waals surface area contributed by atoms with Gasteiger partial charge in [0.1, 0.15) is 34.1 Å². The van der Waals surface area contributed by atoms with Gasteiger partial charge in [0.2, 0.25) is 0 Å². The van der Waals surface area contributed by atoms with E-state index >= 15 is 0 Å². The minimum absolute atomic E-state index is 0.164. The monoisotopic (exact) mass is 650 g/mol. The lowest BCUT2D eigenvalue weighted by molar-refractivity contribution is 0.0697. The molecule has 0 saturated heterocycles. The summed E-state index contributed by atoms with van der Waals surface area (Å²) >= 11 is 0. The number of fused-ring (bicyclic) bond motifs is 20. The zero-order valence-corrected chi connectivity index (χ0v) is 25.9. The number of hydrogen-bond acceptors (Lipinski definition) is 8. The summed E-state index contributed by atoms with van der Waals surface area (Å²) in [5.74, 6) is 1.97. The Kier molecular flexibility index (Phi) is 5.91. The first-order valence-electron chi connectivity index (χ1n) is 15.8. The topological polar surface area (TPSA) is 155 Å². The molecule has 2 aliphatic heterocycles. The average molecular weight is 651 g/mol. The molecule has 0 fully saturated rings. The Bertz CT molecular complexity index is 2890. The van der Waals surface area contributed by atoms with Crippen molar-refractivity contribution in [2.75, 3.05) is 0 Å². The van der Waals surface area contributed by atoms with Crippen LogP contribution in [0.4, 0.5) is 0 Å². The summed E-state index contributed by atoms with van der Waals surface area (Å²) in [4.78, 5) is 48.5. The van der Waals surface area contributed by atoms with E-state index in [2.05, 4.69) is 9.97 Å². The molecular weight excluding hydrogens is 628 g/mol. The number of ether oxygens (including phenoxy) is 1. The highest BCUT2D eigenvalue weighted by atomic mass is 16.5. The Morgan fingerprint density at radius 1 is 0.480 bits per heavy atom. The van der Waals surface area contributed by atoms with Crippen molar-refractivity contribution in [1.82, 2.24) is 39.9 Å². The highest BCUT2D eigenvalue weighted by Crippen LogP contribution is 2.39. The zero-order chi connectivity index (χ0) is 33.3. The molecule has 10 rings (SSSR count). The molecule has 50 heavy (non-hydrogen) atoms. The van der Waals surface area contributed by atoms with E-state index in [9.17, 15) is 9.90 Å². The van der Waals surface area contributed by atoms with E-state index in [1.807, 2.05) is 91.0 Å². The Labute approximate surface area is 282 Å². The summed E-state index contributed by atoms with van der Waals surface area (Å²) in [5.41, 5.74) is 5.80. The van der Waals surface area contributed by atoms with Gasteiger partial charge in [0.05, 0.1) is 10.9 Å². The Hall–Kier alpha value is -7.27. The Balaban J connectivity index is 1.33. The molecule has 0 radical (unpaired) electrons. The summed E-state index contributed by atoms with van der Waals surface area (Å²) in [7, 11) is 0. The largest absolute Gasteiger partial charge is 0.478 e. The van der Waals surface area contributed by atoms with Crippen molar-refractivity contribution < 1.29 is 14.6 Å². The van der Waals surface area contributed by atoms with Gasteiger partial charge < -0.3 is 19.8 Å². The fourth-order valence-electron chi connectivity index (χ4n) is 6.54. The van der Waals surface area contributed by atoms with E-state index in [1.165, 1.54) is 12.1 Å². The number of hydrogen-bond donors (Lipinski definition) is 3. The normalized spacial score (nSPS) is 11.8. The molecule has 0 aliphatic carbocycles. The number of aromatic carboxylic acids is 1. The third-order valence-corrected chi connectivity index (χ3v) is 8.87. The summed E-state index contributed by atoms with van der Waals surface area (Å²) in [6.45, 7) is 0. The van der Waals surface area contributed by atoms with Crippen LogP contribution in [0.1, 0.15) is 10.4 Å². The number of rotatable bonds is 3. The number of aromatic nitrogens is 8. The first kappa shape index (κ1) is 27.8. The van der Waals surface area contributed by atoms with Crippen molar-refractivity contribution in [1.29, 1.82) is 0 Å². The fourth-order valence-corrected chi connectivity index (χ4v) is 6.54.